The van der Waals surface area contributed by atoms with E-state index in [0.717, 1.165) is 18.4 Å². The van der Waals surface area contributed by atoms with Gasteiger partial charge in [-0.3, -0.25) is 0 Å². The summed E-state index contributed by atoms with van der Waals surface area (Å²) >= 11 is 0. The van der Waals surface area contributed by atoms with Crippen LogP contribution in [-0.4, -0.2) is 9.67 Å². The van der Waals surface area contributed by atoms with Gasteiger partial charge in [-0.25, -0.2) is 0 Å². The van der Waals surface area contributed by atoms with Crippen molar-refractivity contribution in [3.63, 3.8) is 0 Å². The van der Waals surface area contributed by atoms with Gasteiger partial charge in [0, 0.05) is 24.5 Å². The zero-order valence-corrected chi connectivity index (χ0v) is 15.7. The molecule has 3 atom stereocenters. The minimum Gasteiger partial charge on any atom is -0.506 e. The van der Waals surface area contributed by atoms with Gasteiger partial charge in [-0.1, -0.05) is 43.3 Å². The van der Waals surface area contributed by atoms with Crippen LogP contribution in [0.4, 0.5) is 0 Å². The molecule has 3 unspecified atom stereocenters. The lowest BCUT2D eigenvalue weighted by molar-refractivity contribution is 0.477. The lowest BCUT2D eigenvalue weighted by atomic mass is 9.71. The molecule has 2 heteroatoms. The molecule has 0 radical (unpaired) electrons. The first-order valence-electron chi connectivity index (χ1n) is 9.95. The fourth-order valence-electron chi connectivity index (χ4n) is 5.76. The Morgan fingerprint density at radius 3 is 2.85 bits per heavy atom. The summed E-state index contributed by atoms with van der Waals surface area (Å²) in [5.74, 6) is 1.84. The van der Waals surface area contributed by atoms with Crippen LogP contribution in [-0.2, 0) is 7.05 Å². The van der Waals surface area contributed by atoms with Crippen LogP contribution < -0.4 is 0 Å². The van der Waals surface area contributed by atoms with E-state index in [4.69, 9.17) is 0 Å². The van der Waals surface area contributed by atoms with Gasteiger partial charge in [0.15, 0.2) is 0 Å². The number of rotatable bonds is 0. The van der Waals surface area contributed by atoms with Gasteiger partial charge in [0.2, 0.25) is 0 Å². The second-order valence-corrected chi connectivity index (χ2v) is 8.49. The van der Waals surface area contributed by atoms with Crippen LogP contribution in [0.15, 0.2) is 65.9 Å². The molecule has 2 nitrogen and oxygen atoms in total. The van der Waals surface area contributed by atoms with Gasteiger partial charge in [0.05, 0.1) is 5.52 Å². The molecule has 1 saturated carbocycles. The number of phenols is 1. The smallest absolute Gasteiger partial charge is 0.140 e. The molecule has 27 heavy (non-hydrogen) atoms. The fraction of sp³-hybridized carbons (Fsp3) is 0.280. The largest absolute Gasteiger partial charge is 0.506 e. The second-order valence-electron chi connectivity index (χ2n) is 8.49. The van der Waals surface area contributed by atoms with Crippen molar-refractivity contribution < 1.29 is 5.11 Å². The number of aromatic nitrogens is 1. The summed E-state index contributed by atoms with van der Waals surface area (Å²) < 4.78 is 2.03. The summed E-state index contributed by atoms with van der Waals surface area (Å²) in [4.78, 5) is 0. The zero-order chi connectivity index (χ0) is 18.3. The van der Waals surface area contributed by atoms with E-state index in [0.29, 0.717) is 23.5 Å². The molecule has 0 saturated heterocycles. The monoisotopic (exact) mass is 353 g/mol. The van der Waals surface area contributed by atoms with Crippen molar-refractivity contribution in [2.75, 3.05) is 0 Å². The van der Waals surface area contributed by atoms with Crippen LogP contribution >= 0.6 is 0 Å². The van der Waals surface area contributed by atoms with Crippen LogP contribution in [0.3, 0.4) is 0 Å². The molecule has 0 amide bonds. The number of hydrogen-bond donors (Lipinski definition) is 1. The van der Waals surface area contributed by atoms with Crippen LogP contribution in [0.2, 0.25) is 0 Å². The lowest BCUT2D eigenvalue weighted by Crippen LogP contribution is -2.15. The van der Waals surface area contributed by atoms with Gasteiger partial charge in [0.25, 0.3) is 0 Å². The molecule has 1 N–H and O–H groups in total. The van der Waals surface area contributed by atoms with Crippen molar-refractivity contribution in [2.45, 2.75) is 31.6 Å². The SMILES string of the molecule is CC1C=C2C(=CC1)CC1c3ccccc3-c3c(cc(O)c4c3ccn4C)C21. The lowest BCUT2D eigenvalue weighted by Gasteiger charge is -2.32. The van der Waals surface area contributed by atoms with E-state index in [2.05, 4.69) is 55.6 Å². The summed E-state index contributed by atoms with van der Waals surface area (Å²) in [6, 6.07) is 13.1. The number of benzene rings is 2. The zero-order valence-electron chi connectivity index (χ0n) is 15.7. The van der Waals surface area contributed by atoms with Gasteiger partial charge in [-0.2, -0.15) is 0 Å². The molecule has 3 aliphatic rings. The third-order valence-electron chi connectivity index (χ3n) is 6.88. The van der Waals surface area contributed by atoms with Crippen molar-refractivity contribution in [1.82, 2.24) is 4.57 Å². The van der Waals surface area contributed by atoms with Crippen LogP contribution in [0.1, 0.15) is 42.7 Å². The fourth-order valence-corrected chi connectivity index (χ4v) is 5.76. The quantitative estimate of drug-likeness (QED) is 0.524. The van der Waals surface area contributed by atoms with Crippen LogP contribution in [0.25, 0.3) is 22.0 Å². The average molecular weight is 353 g/mol. The summed E-state index contributed by atoms with van der Waals surface area (Å²) in [5, 5.41) is 12.0. The highest BCUT2D eigenvalue weighted by Crippen LogP contribution is 2.61. The Labute approximate surface area is 159 Å². The number of aromatic hydroxyl groups is 1. The van der Waals surface area contributed by atoms with Crippen LogP contribution in [0, 0.1) is 5.92 Å². The molecule has 1 aromatic heterocycles. The molecule has 1 heterocycles. The Balaban J connectivity index is 1.74. The number of fused-ring (bicyclic) bond motifs is 10. The maximum Gasteiger partial charge on any atom is 0.140 e. The topological polar surface area (TPSA) is 25.2 Å². The standard InChI is InChI=1S/C25H23NO/c1-14-7-8-15-12-20-16-5-3-4-6-17(16)23-18-9-10-26(2)25(18)22(27)13-21(23)24(20)19(15)11-14/h3-6,8-11,13-14,20,24,27H,7,12H2,1-2H3. The first kappa shape index (κ1) is 15.3. The summed E-state index contributed by atoms with van der Waals surface area (Å²) in [6.45, 7) is 2.31. The minimum atomic E-state index is 0.361. The third kappa shape index (κ3) is 1.91. The van der Waals surface area contributed by atoms with Gasteiger partial charge < -0.3 is 9.67 Å². The summed E-state index contributed by atoms with van der Waals surface area (Å²) in [6.07, 6.45) is 9.27. The van der Waals surface area contributed by atoms with Gasteiger partial charge in [0.1, 0.15) is 5.75 Å². The maximum atomic E-state index is 10.9. The van der Waals surface area contributed by atoms with Crippen molar-refractivity contribution in [1.29, 1.82) is 0 Å². The first-order chi connectivity index (χ1) is 13.1. The Morgan fingerprint density at radius 1 is 1.11 bits per heavy atom. The third-order valence-corrected chi connectivity index (χ3v) is 6.88. The predicted molar refractivity (Wildman–Crippen MR) is 110 cm³/mol. The molecular formula is C25H23NO. The van der Waals surface area contributed by atoms with Gasteiger partial charge in [-0.15, -0.1) is 0 Å². The number of allylic oxidation sites excluding steroid dienone is 4. The molecule has 3 aliphatic carbocycles. The molecular weight excluding hydrogens is 330 g/mol. The summed E-state index contributed by atoms with van der Waals surface area (Å²) in [5.41, 5.74) is 9.40. The van der Waals surface area contributed by atoms with Crippen LogP contribution in [0.5, 0.6) is 5.75 Å². The number of aryl methyl sites for hydroxylation is 1. The first-order valence-corrected chi connectivity index (χ1v) is 9.95. The maximum absolute atomic E-state index is 10.9. The van der Waals surface area contributed by atoms with E-state index in [1.54, 1.807) is 0 Å². The molecule has 0 aliphatic heterocycles. The minimum absolute atomic E-state index is 0.361. The highest BCUT2D eigenvalue weighted by molar-refractivity contribution is 6.02. The van der Waals surface area contributed by atoms with E-state index < -0.39 is 0 Å². The average Bonchev–Trinajstić information content (AvgIpc) is 3.23. The number of phenolic OH excluding ortho intramolecular Hbond substituents is 1. The van der Waals surface area contributed by atoms with E-state index in [9.17, 15) is 5.11 Å². The molecule has 2 aromatic carbocycles. The molecule has 1 fully saturated rings. The Hall–Kier alpha value is -2.74. The number of hydrogen-bond acceptors (Lipinski definition) is 1. The van der Waals surface area contributed by atoms with Crippen molar-refractivity contribution in [3.05, 3.63) is 77.0 Å². The van der Waals surface area contributed by atoms with E-state index in [1.165, 1.54) is 38.8 Å². The Bertz CT molecular complexity index is 1180. The summed E-state index contributed by atoms with van der Waals surface area (Å²) in [7, 11) is 2.01. The highest BCUT2D eigenvalue weighted by atomic mass is 16.3. The van der Waals surface area contributed by atoms with Crippen molar-refractivity contribution >= 4 is 10.9 Å². The predicted octanol–water partition coefficient (Wildman–Crippen LogP) is 6.03. The Kier molecular flexibility index (Phi) is 2.93. The normalized spacial score (nSPS) is 25.3. The van der Waals surface area contributed by atoms with Gasteiger partial charge >= 0.3 is 0 Å². The highest BCUT2D eigenvalue weighted by Gasteiger charge is 2.43. The Morgan fingerprint density at radius 2 is 1.96 bits per heavy atom. The van der Waals surface area contributed by atoms with Crippen molar-refractivity contribution in [3.8, 4) is 16.9 Å². The molecule has 0 bridgehead atoms. The van der Waals surface area contributed by atoms with Crippen molar-refractivity contribution in [2.24, 2.45) is 13.0 Å². The van der Waals surface area contributed by atoms with E-state index >= 15 is 0 Å². The van der Waals surface area contributed by atoms with Gasteiger partial charge in [-0.05, 0) is 70.2 Å². The molecule has 6 rings (SSSR count). The number of nitrogens with zero attached hydrogens (tertiary/aromatic N) is 1. The molecule has 0 spiro atoms. The van der Waals surface area contributed by atoms with E-state index in [1.807, 2.05) is 17.7 Å². The second kappa shape index (κ2) is 5.16. The molecule has 134 valence electrons. The van der Waals surface area contributed by atoms with E-state index in [-0.39, 0.29) is 0 Å². The molecule has 3 aromatic rings.